The van der Waals surface area contributed by atoms with Gasteiger partial charge in [0.05, 0.1) is 0 Å². The van der Waals surface area contributed by atoms with Gasteiger partial charge in [-0.25, -0.2) is 0 Å². The second kappa shape index (κ2) is 16.6. The zero-order chi connectivity index (χ0) is 27.5. The predicted molar refractivity (Wildman–Crippen MR) is 163 cm³/mol. The molecule has 0 saturated heterocycles. The Labute approximate surface area is 232 Å². The van der Waals surface area contributed by atoms with Gasteiger partial charge in [-0.15, -0.1) is 0 Å². The van der Waals surface area contributed by atoms with Crippen LogP contribution in [0.1, 0.15) is 32.6 Å². The molecule has 0 aliphatic rings. The molecule has 0 saturated carbocycles. The smallest absolute Gasteiger partial charge is 0.125 e. The molecular weight excluding hydrogens is 476 g/mol. The largest absolute Gasteiger partial charge is 0.361 e. The number of H-pyrrole nitrogens is 1. The van der Waals surface area contributed by atoms with Crippen molar-refractivity contribution < 1.29 is 0 Å². The maximum absolute atomic E-state index is 8.34. The van der Waals surface area contributed by atoms with Crippen LogP contribution in [-0.4, -0.2) is 4.98 Å². The minimum absolute atomic E-state index is 0.237. The van der Waals surface area contributed by atoms with E-state index in [2.05, 4.69) is 108 Å². The molecule has 0 unspecified atom stereocenters. The first kappa shape index (κ1) is 28.5. The topological polar surface area (TPSA) is 66.6 Å². The number of nitrogens with zero attached hydrogens (tertiary/aromatic N) is 3. The maximum Gasteiger partial charge on any atom is 0.125 e. The van der Waals surface area contributed by atoms with Gasteiger partial charge in [0.15, 0.2) is 0 Å². The number of anilines is 3. The van der Waals surface area contributed by atoms with E-state index in [4.69, 9.17) is 10.5 Å². The first-order chi connectivity index (χ1) is 19.3. The minimum Gasteiger partial charge on any atom is -0.361 e. The molecule has 39 heavy (non-hydrogen) atoms. The molecule has 5 rings (SSSR count). The van der Waals surface area contributed by atoms with Gasteiger partial charge in [0.1, 0.15) is 17.7 Å². The van der Waals surface area contributed by atoms with E-state index in [0.29, 0.717) is 0 Å². The number of fused-ring (bicyclic) bond motifs is 1. The molecule has 5 aromatic rings. The maximum atomic E-state index is 8.34. The van der Waals surface area contributed by atoms with E-state index < -0.39 is 0 Å². The van der Waals surface area contributed by atoms with Crippen LogP contribution in [0.15, 0.2) is 139 Å². The molecule has 0 spiro atoms. The zero-order valence-corrected chi connectivity index (χ0v) is 22.4. The molecule has 4 aromatic carbocycles. The highest BCUT2D eigenvalue weighted by Gasteiger charge is 2.10. The highest BCUT2D eigenvalue weighted by molar-refractivity contribution is 5.79. The van der Waals surface area contributed by atoms with E-state index in [0.717, 1.165) is 12.8 Å². The molecule has 0 aliphatic carbocycles. The highest BCUT2D eigenvalue weighted by atomic mass is 15.1. The highest BCUT2D eigenvalue weighted by Crippen LogP contribution is 2.33. The molecule has 0 amide bonds. The van der Waals surface area contributed by atoms with Gasteiger partial charge in [0.25, 0.3) is 0 Å². The molecule has 0 radical (unpaired) electrons. The second-order valence-electron chi connectivity index (χ2n) is 8.74. The van der Waals surface area contributed by atoms with Crippen LogP contribution in [0.5, 0.6) is 0 Å². The van der Waals surface area contributed by atoms with Crippen LogP contribution >= 0.6 is 0 Å². The Morgan fingerprint density at radius 1 is 0.667 bits per heavy atom. The number of aromatic nitrogens is 1. The van der Waals surface area contributed by atoms with Crippen LogP contribution in [-0.2, 0) is 0 Å². The van der Waals surface area contributed by atoms with Crippen molar-refractivity contribution in [3.63, 3.8) is 0 Å². The van der Waals surface area contributed by atoms with Crippen molar-refractivity contribution in [2.75, 3.05) is 4.90 Å². The molecule has 1 heterocycles. The standard InChI is InChI=1S/C18H15N.C9H12N2.C8H7N/c1-4-10-16(11-5-1)19(17-12-6-2-7-13-17)18-14-8-3-9-15-18;1-2-3-4-5-6-9(7-10)8-11;1-2-4-8-7(3-1)5-6-9-8/h1-15H;6H,2-5H2,1H3;1-6,9H. The average Bonchev–Trinajstić information content (AvgIpc) is 3.49. The van der Waals surface area contributed by atoms with Crippen LogP contribution in [0.25, 0.3) is 10.9 Å². The number of unbranched alkanes of at least 4 members (excludes halogenated alkanes) is 3. The number of hydrogen-bond donors (Lipinski definition) is 1. The summed E-state index contributed by atoms with van der Waals surface area (Å²) in [5.74, 6) is 0. The lowest BCUT2D eigenvalue weighted by Crippen LogP contribution is -2.09. The normalized spacial score (nSPS) is 9.51. The fourth-order valence-corrected chi connectivity index (χ4v) is 3.93. The van der Waals surface area contributed by atoms with Crippen LogP contribution < -0.4 is 4.90 Å². The van der Waals surface area contributed by atoms with Crippen LogP contribution in [0, 0.1) is 22.7 Å². The zero-order valence-electron chi connectivity index (χ0n) is 22.4. The summed E-state index contributed by atoms with van der Waals surface area (Å²) in [6.45, 7) is 2.12. The summed E-state index contributed by atoms with van der Waals surface area (Å²) in [6.07, 6.45) is 7.91. The quantitative estimate of drug-likeness (QED) is 0.175. The van der Waals surface area contributed by atoms with Gasteiger partial charge in [-0.3, -0.25) is 0 Å². The van der Waals surface area contributed by atoms with E-state index in [1.165, 1.54) is 40.8 Å². The fraction of sp³-hybridized carbons (Fsp3) is 0.143. The van der Waals surface area contributed by atoms with Gasteiger partial charge in [0, 0.05) is 28.8 Å². The van der Waals surface area contributed by atoms with E-state index in [-0.39, 0.29) is 5.57 Å². The number of nitrogens with one attached hydrogen (secondary N) is 1. The number of nitriles is 2. The second-order valence-corrected chi connectivity index (χ2v) is 8.74. The lowest BCUT2D eigenvalue weighted by Gasteiger charge is -2.25. The van der Waals surface area contributed by atoms with Crippen molar-refractivity contribution >= 4 is 28.0 Å². The fourth-order valence-electron chi connectivity index (χ4n) is 3.93. The third-order valence-corrected chi connectivity index (χ3v) is 5.90. The van der Waals surface area contributed by atoms with Gasteiger partial charge < -0.3 is 9.88 Å². The van der Waals surface area contributed by atoms with E-state index in [9.17, 15) is 0 Å². The monoisotopic (exact) mass is 510 g/mol. The van der Waals surface area contributed by atoms with Gasteiger partial charge in [-0.2, -0.15) is 10.5 Å². The van der Waals surface area contributed by atoms with E-state index in [1.54, 1.807) is 6.08 Å². The van der Waals surface area contributed by atoms with E-state index in [1.807, 2.05) is 48.7 Å². The number of aromatic amines is 1. The summed E-state index contributed by atoms with van der Waals surface area (Å²) in [5, 5.41) is 18.0. The van der Waals surface area contributed by atoms with Crippen molar-refractivity contribution in [3.8, 4) is 12.1 Å². The van der Waals surface area contributed by atoms with Crippen LogP contribution in [0.3, 0.4) is 0 Å². The SMILES string of the molecule is CCCCCC=C(C#N)C#N.c1ccc(N(c2ccccc2)c2ccccc2)cc1.c1ccc2[nH]ccc2c1. The van der Waals surface area contributed by atoms with Crippen molar-refractivity contribution in [2.24, 2.45) is 0 Å². The minimum atomic E-state index is 0.237. The van der Waals surface area contributed by atoms with Gasteiger partial charge in [-0.1, -0.05) is 98.6 Å². The van der Waals surface area contributed by atoms with Crippen molar-refractivity contribution in [1.82, 2.24) is 4.98 Å². The van der Waals surface area contributed by atoms with Gasteiger partial charge >= 0.3 is 0 Å². The number of allylic oxidation sites excluding steroid dienone is 2. The summed E-state index contributed by atoms with van der Waals surface area (Å²) in [7, 11) is 0. The Morgan fingerprint density at radius 3 is 1.62 bits per heavy atom. The van der Waals surface area contributed by atoms with Crippen molar-refractivity contribution in [1.29, 1.82) is 10.5 Å². The number of benzene rings is 4. The molecule has 0 aliphatic heterocycles. The molecule has 194 valence electrons. The molecule has 0 bridgehead atoms. The number of para-hydroxylation sites is 4. The number of hydrogen-bond acceptors (Lipinski definition) is 3. The van der Waals surface area contributed by atoms with Crippen LogP contribution in [0.2, 0.25) is 0 Å². The Morgan fingerprint density at radius 2 is 1.15 bits per heavy atom. The predicted octanol–water partition coefficient (Wildman–Crippen LogP) is 9.86. The molecule has 0 fully saturated rings. The average molecular weight is 511 g/mol. The number of rotatable bonds is 7. The van der Waals surface area contributed by atoms with Crippen molar-refractivity contribution in [3.05, 3.63) is 139 Å². The molecular formula is C35H34N4. The Bertz CT molecular complexity index is 1330. The van der Waals surface area contributed by atoms with Gasteiger partial charge in [0.2, 0.25) is 0 Å². The Hall–Kier alpha value is -5.06. The van der Waals surface area contributed by atoms with Crippen LogP contribution in [0.4, 0.5) is 17.1 Å². The third kappa shape index (κ3) is 9.39. The van der Waals surface area contributed by atoms with Gasteiger partial charge in [-0.05, 0) is 66.8 Å². The summed E-state index contributed by atoms with van der Waals surface area (Å²) >= 11 is 0. The summed E-state index contributed by atoms with van der Waals surface area (Å²) in [5.41, 5.74) is 4.94. The van der Waals surface area contributed by atoms with E-state index >= 15 is 0 Å². The first-order valence-corrected chi connectivity index (χ1v) is 13.2. The summed E-state index contributed by atoms with van der Waals surface area (Å²) in [6, 6.07) is 45.2. The summed E-state index contributed by atoms with van der Waals surface area (Å²) in [4.78, 5) is 5.37. The Kier molecular flexibility index (Phi) is 12.2. The molecule has 4 nitrogen and oxygen atoms in total. The molecule has 1 N–H and O–H groups in total. The lowest BCUT2D eigenvalue weighted by molar-refractivity contribution is 0.728. The molecule has 4 heteroatoms. The Balaban J connectivity index is 0.000000178. The molecule has 1 aromatic heterocycles. The summed E-state index contributed by atoms with van der Waals surface area (Å²) < 4.78 is 0. The first-order valence-electron chi connectivity index (χ1n) is 13.2. The molecule has 0 atom stereocenters. The third-order valence-electron chi connectivity index (χ3n) is 5.90. The van der Waals surface area contributed by atoms with Crippen molar-refractivity contribution in [2.45, 2.75) is 32.6 Å². The lowest BCUT2D eigenvalue weighted by atomic mass is 10.1.